The van der Waals surface area contributed by atoms with Gasteiger partial charge in [-0.15, -0.1) is 0 Å². The first-order valence-corrected chi connectivity index (χ1v) is 4.41. The summed E-state index contributed by atoms with van der Waals surface area (Å²) in [5.74, 6) is 0. The van der Waals surface area contributed by atoms with Crippen LogP contribution in [-0.2, 0) is 0 Å². The molecule has 0 saturated carbocycles. The maximum atomic E-state index is 3.41. The van der Waals surface area contributed by atoms with Crippen molar-refractivity contribution in [3.63, 3.8) is 0 Å². The van der Waals surface area contributed by atoms with Gasteiger partial charge >= 0.3 is 0 Å². The Morgan fingerprint density at radius 3 is 3.00 bits per heavy atom. The van der Waals surface area contributed by atoms with Gasteiger partial charge < -0.3 is 10.6 Å². The SMILES string of the molecule is CC(C)NCC1=CCCNC1. The molecule has 1 aliphatic heterocycles. The van der Waals surface area contributed by atoms with E-state index < -0.39 is 0 Å². The molecule has 0 bridgehead atoms. The van der Waals surface area contributed by atoms with Crippen LogP contribution in [0, 0.1) is 0 Å². The second-order valence-electron chi connectivity index (χ2n) is 3.36. The predicted octanol–water partition coefficient (Wildman–Crippen LogP) is 0.904. The Labute approximate surface area is 69.1 Å². The molecule has 0 fully saturated rings. The first kappa shape index (κ1) is 8.75. The third-order valence-corrected chi connectivity index (χ3v) is 1.84. The highest BCUT2D eigenvalue weighted by molar-refractivity contribution is 5.09. The average molecular weight is 154 g/mol. The van der Waals surface area contributed by atoms with Gasteiger partial charge in [0, 0.05) is 19.1 Å². The molecule has 0 aromatic rings. The molecule has 0 saturated heterocycles. The van der Waals surface area contributed by atoms with E-state index in [9.17, 15) is 0 Å². The molecule has 0 unspecified atom stereocenters. The van der Waals surface area contributed by atoms with E-state index in [-0.39, 0.29) is 0 Å². The van der Waals surface area contributed by atoms with Crippen molar-refractivity contribution < 1.29 is 0 Å². The van der Waals surface area contributed by atoms with E-state index in [1.807, 2.05) is 0 Å². The van der Waals surface area contributed by atoms with E-state index in [1.165, 1.54) is 12.0 Å². The van der Waals surface area contributed by atoms with Crippen molar-refractivity contribution in [2.24, 2.45) is 0 Å². The largest absolute Gasteiger partial charge is 0.313 e. The number of nitrogens with one attached hydrogen (secondary N) is 2. The van der Waals surface area contributed by atoms with E-state index in [0.29, 0.717) is 6.04 Å². The zero-order valence-corrected chi connectivity index (χ0v) is 7.48. The fraction of sp³-hybridized carbons (Fsp3) is 0.778. The Bertz CT molecular complexity index is 138. The molecule has 2 N–H and O–H groups in total. The molecule has 0 aromatic heterocycles. The van der Waals surface area contributed by atoms with Gasteiger partial charge in [0.2, 0.25) is 0 Å². The summed E-state index contributed by atoms with van der Waals surface area (Å²) in [6.45, 7) is 7.61. The maximum Gasteiger partial charge on any atom is 0.0179 e. The summed E-state index contributed by atoms with van der Waals surface area (Å²) in [5, 5.41) is 6.76. The fourth-order valence-electron chi connectivity index (χ4n) is 1.17. The fourth-order valence-corrected chi connectivity index (χ4v) is 1.17. The molecule has 0 aliphatic carbocycles. The third kappa shape index (κ3) is 3.54. The number of hydrogen-bond donors (Lipinski definition) is 2. The van der Waals surface area contributed by atoms with Crippen LogP contribution in [0.15, 0.2) is 11.6 Å². The standard InChI is InChI=1S/C9H18N2/c1-8(2)11-7-9-4-3-5-10-6-9/h4,8,10-11H,3,5-7H2,1-2H3. The Hall–Kier alpha value is -0.340. The summed E-state index contributed by atoms with van der Waals surface area (Å²) in [4.78, 5) is 0. The summed E-state index contributed by atoms with van der Waals surface area (Å²) in [6, 6.07) is 0.595. The lowest BCUT2D eigenvalue weighted by Crippen LogP contribution is -2.31. The molecule has 11 heavy (non-hydrogen) atoms. The Kier molecular flexibility index (Phi) is 3.60. The van der Waals surface area contributed by atoms with Gasteiger partial charge in [-0.1, -0.05) is 19.9 Å². The minimum atomic E-state index is 0.595. The zero-order chi connectivity index (χ0) is 8.10. The molecule has 2 nitrogen and oxygen atoms in total. The summed E-state index contributed by atoms with van der Waals surface area (Å²) in [6.07, 6.45) is 3.53. The van der Waals surface area contributed by atoms with Gasteiger partial charge in [0.1, 0.15) is 0 Å². The highest BCUT2D eigenvalue weighted by Crippen LogP contribution is 1.99. The van der Waals surface area contributed by atoms with Crippen molar-refractivity contribution in [1.29, 1.82) is 0 Å². The van der Waals surface area contributed by atoms with E-state index in [2.05, 4.69) is 30.6 Å². The van der Waals surface area contributed by atoms with Crippen LogP contribution >= 0.6 is 0 Å². The molecule has 0 amide bonds. The quantitative estimate of drug-likeness (QED) is 0.590. The van der Waals surface area contributed by atoms with Gasteiger partial charge in [-0.2, -0.15) is 0 Å². The molecular formula is C9H18N2. The van der Waals surface area contributed by atoms with Crippen LogP contribution in [-0.4, -0.2) is 25.7 Å². The second kappa shape index (κ2) is 4.52. The minimum absolute atomic E-state index is 0.595. The van der Waals surface area contributed by atoms with Gasteiger partial charge in [-0.05, 0) is 18.5 Å². The lowest BCUT2D eigenvalue weighted by Gasteiger charge is -2.16. The van der Waals surface area contributed by atoms with Crippen molar-refractivity contribution in [3.05, 3.63) is 11.6 Å². The molecule has 1 heterocycles. The van der Waals surface area contributed by atoms with Crippen molar-refractivity contribution in [1.82, 2.24) is 10.6 Å². The maximum absolute atomic E-state index is 3.41. The Morgan fingerprint density at radius 1 is 1.64 bits per heavy atom. The van der Waals surface area contributed by atoms with Gasteiger partial charge in [0.15, 0.2) is 0 Å². The third-order valence-electron chi connectivity index (χ3n) is 1.84. The molecule has 1 rings (SSSR count). The van der Waals surface area contributed by atoms with E-state index in [1.54, 1.807) is 0 Å². The summed E-state index contributed by atoms with van der Waals surface area (Å²) in [5.41, 5.74) is 1.50. The lowest BCUT2D eigenvalue weighted by molar-refractivity contribution is 0.594. The Morgan fingerprint density at radius 2 is 2.45 bits per heavy atom. The number of hydrogen-bond acceptors (Lipinski definition) is 2. The van der Waals surface area contributed by atoms with Crippen LogP contribution in [0.2, 0.25) is 0 Å². The first-order chi connectivity index (χ1) is 5.29. The van der Waals surface area contributed by atoms with E-state index in [0.717, 1.165) is 19.6 Å². The molecule has 2 heteroatoms. The molecule has 0 spiro atoms. The van der Waals surface area contributed by atoms with Crippen molar-refractivity contribution in [3.8, 4) is 0 Å². The Balaban J connectivity index is 2.19. The highest BCUT2D eigenvalue weighted by atomic mass is 14.9. The normalized spacial score (nSPS) is 18.6. The summed E-state index contributed by atoms with van der Waals surface area (Å²) in [7, 11) is 0. The second-order valence-corrected chi connectivity index (χ2v) is 3.36. The van der Waals surface area contributed by atoms with Crippen LogP contribution < -0.4 is 10.6 Å². The number of rotatable bonds is 3. The zero-order valence-electron chi connectivity index (χ0n) is 7.48. The van der Waals surface area contributed by atoms with Gasteiger partial charge in [-0.3, -0.25) is 0 Å². The average Bonchev–Trinajstić information content (AvgIpc) is 2.03. The van der Waals surface area contributed by atoms with E-state index >= 15 is 0 Å². The predicted molar refractivity (Wildman–Crippen MR) is 48.7 cm³/mol. The summed E-state index contributed by atoms with van der Waals surface area (Å²) >= 11 is 0. The lowest BCUT2D eigenvalue weighted by atomic mass is 10.1. The monoisotopic (exact) mass is 154 g/mol. The summed E-state index contributed by atoms with van der Waals surface area (Å²) < 4.78 is 0. The van der Waals surface area contributed by atoms with Crippen molar-refractivity contribution >= 4 is 0 Å². The van der Waals surface area contributed by atoms with Crippen LogP contribution in [0.3, 0.4) is 0 Å². The van der Waals surface area contributed by atoms with Crippen molar-refractivity contribution in [2.45, 2.75) is 26.3 Å². The van der Waals surface area contributed by atoms with Crippen LogP contribution in [0.5, 0.6) is 0 Å². The topological polar surface area (TPSA) is 24.1 Å². The van der Waals surface area contributed by atoms with Gasteiger partial charge in [0.25, 0.3) is 0 Å². The van der Waals surface area contributed by atoms with Gasteiger partial charge in [-0.25, -0.2) is 0 Å². The first-order valence-electron chi connectivity index (χ1n) is 4.41. The van der Waals surface area contributed by atoms with Crippen LogP contribution in [0.1, 0.15) is 20.3 Å². The minimum Gasteiger partial charge on any atom is -0.313 e. The highest BCUT2D eigenvalue weighted by Gasteiger charge is 2.01. The van der Waals surface area contributed by atoms with Crippen LogP contribution in [0.25, 0.3) is 0 Å². The van der Waals surface area contributed by atoms with Gasteiger partial charge in [0.05, 0.1) is 0 Å². The molecule has 0 atom stereocenters. The smallest absolute Gasteiger partial charge is 0.0179 e. The van der Waals surface area contributed by atoms with E-state index in [4.69, 9.17) is 0 Å². The molecule has 64 valence electrons. The van der Waals surface area contributed by atoms with Crippen molar-refractivity contribution in [2.75, 3.05) is 19.6 Å². The molecule has 0 radical (unpaired) electrons. The van der Waals surface area contributed by atoms with Crippen LogP contribution in [0.4, 0.5) is 0 Å². The molecule has 0 aromatic carbocycles. The molecular weight excluding hydrogens is 136 g/mol. The molecule has 1 aliphatic rings.